The van der Waals surface area contributed by atoms with E-state index in [1.54, 1.807) is 0 Å². The monoisotopic (exact) mass is 341 g/mol. The molecule has 9 nitrogen and oxygen atoms in total. The van der Waals surface area contributed by atoms with Crippen molar-refractivity contribution < 1.29 is 19.9 Å². The quantitative estimate of drug-likeness (QED) is 0.469. The van der Waals surface area contributed by atoms with E-state index in [-0.39, 0.29) is 21.8 Å². The number of benzene rings is 1. The van der Waals surface area contributed by atoms with Crippen LogP contribution in [0.15, 0.2) is 29.1 Å². The third-order valence-corrected chi connectivity index (χ3v) is 3.37. The average molecular weight is 341 g/mol. The first-order valence-electron chi connectivity index (χ1n) is 6.76. The Morgan fingerprint density at radius 2 is 2.00 bits per heavy atom. The van der Waals surface area contributed by atoms with Crippen molar-refractivity contribution in [2.75, 3.05) is 0 Å². The number of carbonyl (C=O) groups is 1. The molecule has 2 aromatic rings. The molecule has 1 aromatic heterocycles. The van der Waals surface area contributed by atoms with Crippen LogP contribution in [-0.4, -0.2) is 25.7 Å². The summed E-state index contributed by atoms with van der Waals surface area (Å²) in [6.45, 7) is 9.88. The summed E-state index contributed by atoms with van der Waals surface area (Å²) in [4.78, 5) is 36.5. The summed E-state index contributed by atoms with van der Waals surface area (Å²) in [6.07, 6.45) is 1.32. The number of carboxylic acid groups (broad SMARTS) is 1. The molecule has 25 heavy (non-hydrogen) atoms. The Balaban J connectivity index is 2.78. The van der Waals surface area contributed by atoms with Gasteiger partial charge in [0, 0.05) is 17.4 Å². The number of non-ortho nitro benzene ring substituents is 1. The molecule has 0 amide bonds. The van der Waals surface area contributed by atoms with Crippen LogP contribution in [0.3, 0.4) is 0 Å². The van der Waals surface area contributed by atoms with Gasteiger partial charge in [0.25, 0.3) is 16.9 Å². The van der Waals surface area contributed by atoms with Crippen LogP contribution >= 0.6 is 0 Å². The highest BCUT2D eigenvalue weighted by Gasteiger charge is 2.15. The van der Waals surface area contributed by atoms with Gasteiger partial charge in [0.2, 0.25) is 0 Å². The molecule has 0 atom stereocenters. The van der Waals surface area contributed by atoms with E-state index >= 15 is 0 Å². The lowest BCUT2D eigenvalue weighted by atomic mass is 10.1. The SMILES string of the molecule is [C-]#[N+]c1c(O)n(CC(=O)O)c(=O)c(=Cc2ccc([N+](=O)[O-])cc2)c1=C. The van der Waals surface area contributed by atoms with E-state index < -0.39 is 28.9 Å². The van der Waals surface area contributed by atoms with Gasteiger partial charge in [0.05, 0.1) is 11.5 Å². The third kappa shape index (κ3) is 3.37. The summed E-state index contributed by atoms with van der Waals surface area (Å²) in [7, 11) is 0. The minimum atomic E-state index is -1.37. The maximum absolute atomic E-state index is 12.5. The van der Waals surface area contributed by atoms with Gasteiger partial charge >= 0.3 is 5.97 Å². The topological polar surface area (TPSA) is 127 Å². The molecule has 0 aliphatic heterocycles. The maximum atomic E-state index is 12.5. The lowest BCUT2D eigenvalue weighted by molar-refractivity contribution is -0.384. The van der Waals surface area contributed by atoms with Crippen LogP contribution in [0.25, 0.3) is 17.5 Å². The molecule has 0 saturated heterocycles. The predicted octanol–water partition coefficient (Wildman–Crippen LogP) is 0.337. The third-order valence-electron chi connectivity index (χ3n) is 3.37. The van der Waals surface area contributed by atoms with Crippen molar-refractivity contribution in [3.8, 4) is 5.88 Å². The van der Waals surface area contributed by atoms with E-state index in [9.17, 15) is 24.8 Å². The Morgan fingerprint density at radius 3 is 2.48 bits per heavy atom. The standard InChI is InChI=1S/C16H11N3O6/c1-9-12(7-10-3-5-11(6-4-10)19(24)25)15(22)18(8-13(20)21)16(23)14(9)17-2/h3-7,23H,1,8H2,(H,20,21). The molecule has 1 heterocycles. The highest BCUT2D eigenvalue weighted by Crippen LogP contribution is 2.18. The summed E-state index contributed by atoms with van der Waals surface area (Å²) in [5.41, 5.74) is -0.899. The van der Waals surface area contributed by atoms with Gasteiger partial charge in [-0.3, -0.25) is 24.3 Å². The van der Waals surface area contributed by atoms with Crippen LogP contribution in [0.1, 0.15) is 5.56 Å². The van der Waals surface area contributed by atoms with Gasteiger partial charge in [-0.1, -0.05) is 0 Å². The van der Waals surface area contributed by atoms with E-state index in [4.69, 9.17) is 11.7 Å². The van der Waals surface area contributed by atoms with Gasteiger partial charge in [0.15, 0.2) is 5.88 Å². The fraction of sp³-hybridized carbons (Fsp3) is 0.0625. The van der Waals surface area contributed by atoms with Gasteiger partial charge < -0.3 is 10.2 Å². The fourth-order valence-corrected chi connectivity index (χ4v) is 2.17. The number of carboxylic acids is 1. The smallest absolute Gasteiger partial charge is 0.323 e. The van der Waals surface area contributed by atoms with Gasteiger partial charge in [0.1, 0.15) is 6.54 Å². The lowest BCUT2D eigenvalue weighted by Crippen LogP contribution is -2.45. The number of aromatic hydroxyl groups is 1. The zero-order valence-corrected chi connectivity index (χ0v) is 12.7. The zero-order chi connectivity index (χ0) is 18.7. The van der Waals surface area contributed by atoms with Crippen LogP contribution in [0.5, 0.6) is 5.88 Å². The van der Waals surface area contributed by atoms with E-state index in [2.05, 4.69) is 11.4 Å². The van der Waals surface area contributed by atoms with Crippen molar-refractivity contribution in [2.45, 2.75) is 6.54 Å². The van der Waals surface area contributed by atoms with Gasteiger partial charge in [-0.2, -0.15) is 0 Å². The lowest BCUT2D eigenvalue weighted by Gasteiger charge is -2.08. The molecule has 0 aliphatic rings. The van der Waals surface area contributed by atoms with Crippen LogP contribution in [0.2, 0.25) is 0 Å². The number of nitro benzene ring substituents is 1. The first kappa shape index (κ1) is 17.4. The summed E-state index contributed by atoms with van der Waals surface area (Å²) >= 11 is 0. The molecule has 0 spiro atoms. The maximum Gasteiger partial charge on any atom is 0.323 e. The van der Waals surface area contributed by atoms with E-state index in [0.29, 0.717) is 10.1 Å². The summed E-state index contributed by atoms with van der Waals surface area (Å²) in [5.74, 6) is -2.14. The predicted molar refractivity (Wildman–Crippen MR) is 87.7 cm³/mol. The highest BCUT2D eigenvalue weighted by molar-refractivity contribution is 5.68. The molecule has 9 heteroatoms. The molecule has 0 unspecified atom stereocenters. The molecule has 1 aromatic carbocycles. The molecule has 2 N–H and O–H groups in total. The highest BCUT2D eigenvalue weighted by atomic mass is 16.6. The van der Waals surface area contributed by atoms with Crippen molar-refractivity contribution in [3.63, 3.8) is 0 Å². The number of hydrogen-bond donors (Lipinski definition) is 2. The van der Waals surface area contributed by atoms with Crippen molar-refractivity contribution in [1.82, 2.24) is 4.57 Å². The van der Waals surface area contributed by atoms with Crippen LogP contribution in [0, 0.1) is 16.7 Å². The molecule has 2 rings (SSSR count). The molecule has 0 saturated carbocycles. The number of nitrogens with zero attached hydrogens (tertiary/aromatic N) is 3. The Kier molecular flexibility index (Phi) is 4.65. The fourth-order valence-electron chi connectivity index (χ4n) is 2.17. The Morgan fingerprint density at radius 1 is 1.40 bits per heavy atom. The second-order valence-electron chi connectivity index (χ2n) is 4.95. The minimum Gasteiger partial charge on any atom is -0.503 e. The number of nitro groups is 1. The average Bonchev–Trinajstić information content (AvgIpc) is 2.56. The minimum absolute atomic E-state index is 0.0579. The van der Waals surface area contributed by atoms with Crippen molar-refractivity contribution >= 4 is 30.0 Å². The van der Waals surface area contributed by atoms with E-state index in [1.807, 2.05) is 0 Å². The zero-order valence-electron chi connectivity index (χ0n) is 12.7. The first-order valence-corrected chi connectivity index (χ1v) is 6.76. The molecule has 0 radical (unpaired) electrons. The number of hydrogen-bond acceptors (Lipinski definition) is 5. The second kappa shape index (κ2) is 6.67. The van der Waals surface area contributed by atoms with Crippen molar-refractivity contribution in [2.24, 2.45) is 0 Å². The molecule has 0 aliphatic carbocycles. The number of pyridine rings is 1. The molecule has 0 fully saturated rings. The van der Waals surface area contributed by atoms with Crippen LogP contribution in [-0.2, 0) is 11.3 Å². The summed E-state index contributed by atoms with van der Waals surface area (Å²) in [5, 5.41) is 29.3. The summed E-state index contributed by atoms with van der Waals surface area (Å²) < 4.78 is 0.557. The Bertz CT molecular complexity index is 1080. The first-order chi connectivity index (χ1) is 11.8. The normalized spacial score (nSPS) is 11.1. The van der Waals surface area contributed by atoms with Crippen molar-refractivity contribution in [1.29, 1.82) is 0 Å². The Labute approximate surface area is 140 Å². The van der Waals surface area contributed by atoms with Crippen LogP contribution < -0.4 is 16.0 Å². The molecule has 126 valence electrons. The van der Waals surface area contributed by atoms with Crippen molar-refractivity contribution in [3.05, 3.63) is 72.2 Å². The van der Waals surface area contributed by atoms with E-state index in [0.717, 1.165) is 0 Å². The molecular weight excluding hydrogens is 330 g/mol. The number of aliphatic carboxylic acids is 1. The second-order valence-corrected chi connectivity index (χ2v) is 4.95. The largest absolute Gasteiger partial charge is 0.503 e. The number of rotatable bonds is 4. The summed E-state index contributed by atoms with van der Waals surface area (Å²) in [6, 6.07) is 5.26. The Hall–Kier alpha value is -3.93. The number of aromatic nitrogens is 1. The molecule has 0 bridgehead atoms. The van der Waals surface area contributed by atoms with Gasteiger partial charge in [-0.05, 0) is 29.0 Å². The molecular formula is C16H11N3O6. The van der Waals surface area contributed by atoms with Crippen LogP contribution in [0.4, 0.5) is 11.4 Å². The van der Waals surface area contributed by atoms with Gasteiger partial charge in [-0.25, -0.2) is 4.85 Å². The van der Waals surface area contributed by atoms with Gasteiger partial charge in [-0.15, -0.1) is 6.58 Å². The van der Waals surface area contributed by atoms with E-state index in [1.165, 1.54) is 30.3 Å².